The summed E-state index contributed by atoms with van der Waals surface area (Å²) in [6.07, 6.45) is 8.89. The third-order valence-corrected chi connectivity index (χ3v) is 6.86. The number of hydrogen-bond acceptors (Lipinski definition) is 8. The van der Waals surface area contributed by atoms with Gasteiger partial charge < -0.3 is 20.1 Å². The molecule has 2 N–H and O–H groups in total. The summed E-state index contributed by atoms with van der Waals surface area (Å²) in [6, 6.07) is 14.9. The van der Waals surface area contributed by atoms with Crippen LogP contribution in [0.2, 0.25) is 5.02 Å². The largest absolute Gasteiger partial charge is 0.494 e. The molecule has 0 radical (unpaired) electrons. The zero-order valence-corrected chi connectivity index (χ0v) is 22.5. The number of amides is 1. The minimum atomic E-state index is -0.229. The summed E-state index contributed by atoms with van der Waals surface area (Å²) in [5, 5.41) is 7.30. The van der Waals surface area contributed by atoms with Gasteiger partial charge in [-0.2, -0.15) is 0 Å². The molecule has 0 unspecified atom stereocenters. The van der Waals surface area contributed by atoms with E-state index in [1.807, 2.05) is 36.4 Å². The molecule has 1 amide bonds. The lowest BCUT2D eigenvalue weighted by Crippen LogP contribution is -2.23. The number of likely N-dealkylation sites (N-methyl/N-ethyl adjacent to an activating group) is 1. The van der Waals surface area contributed by atoms with Gasteiger partial charge in [0.05, 0.1) is 34.4 Å². The number of carbonyl (C=O) groups excluding carboxylic acids is 1. The van der Waals surface area contributed by atoms with Crippen molar-refractivity contribution in [1.29, 1.82) is 0 Å². The van der Waals surface area contributed by atoms with Crippen LogP contribution in [0.15, 0.2) is 73.2 Å². The molecule has 200 valence electrons. The number of nitrogens with one attached hydrogen (secondary N) is 2. The average Bonchev–Trinajstić information content (AvgIpc) is 3.36. The summed E-state index contributed by atoms with van der Waals surface area (Å²) < 4.78 is 11.6. The molecule has 39 heavy (non-hydrogen) atoms. The van der Waals surface area contributed by atoms with Crippen molar-refractivity contribution in [2.24, 2.45) is 0 Å². The van der Waals surface area contributed by atoms with Crippen LogP contribution in [0.4, 0.5) is 17.2 Å². The standard InChI is InChI=1S/C29H29ClN6O3/c1-36-15-5-7-21(36)9-13-26(37)35-24-11-10-23-27(28(24)38-2)29(33-18-32-23)34-19-8-12-25(22(30)16-19)39-17-20-6-3-4-14-31-20/h3-4,6,8-14,16,18,21H,5,7,15,17H2,1-2H3,(H,35,37)(H,32,33,34)/b13-9+/t21-/m1/s1. The first-order valence-corrected chi connectivity index (χ1v) is 13.0. The number of hydrogen-bond donors (Lipinski definition) is 2. The number of anilines is 3. The molecular weight excluding hydrogens is 516 g/mol. The molecular formula is C29H29ClN6O3. The molecule has 1 aliphatic rings. The molecule has 1 aliphatic heterocycles. The molecule has 2 aromatic heterocycles. The first kappa shape index (κ1) is 26.4. The van der Waals surface area contributed by atoms with Gasteiger partial charge in [-0.1, -0.05) is 23.7 Å². The van der Waals surface area contributed by atoms with Crippen LogP contribution in [0.1, 0.15) is 18.5 Å². The smallest absolute Gasteiger partial charge is 0.248 e. The second-order valence-corrected chi connectivity index (χ2v) is 9.59. The van der Waals surface area contributed by atoms with Crippen molar-refractivity contribution >= 4 is 45.6 Å². The van der Waals surface area contributed by atoms with Crippen LogP contribution in [0.5, 0.6) is 11.5 Å². The summed E-state index contributed by atoms with van der Waals surface area (Å²) in [7, 11) is 3.62. The van der Waals surface area contributed by atoms with Gasteiger partial charge in [-0.25, -0.2) is 9.97 Å². The van der Waals surface area contributed by atoms with Crippen LogP contribution in [0.25, 0.3) is 10.9 Å². The lowest BCUT2D eigenvalue weighted by molar-refractivity contribution is -0.111. The van der Waals surface area contributed by atoms with E-state index in [4.69, 9.17) is 21.1 Å². The number of rotatable bonds is 9. The van der Waals surface area contributed by atoms with Gasteiger partial charge in [-0.05, 0) is 68.9 Å². The number of likely N-dealkylation sites (tertiary alicyclic amines) is 1. The number of nitrogens with zero attached hydrogens (tertiary/aromatic N) is 4. The third kappa shape index (κ3) is 6.27. The maximum absolute atomic E-state index is 12.7. The molecule has 3 heterocycles. The fourth-order valence-corrected chi connectivity index (χ4v) is 4.78. The van der Waals surface area contributed by atoms with Crippen LogP contribution in [-0.2, 0) is 11.4 Å². The Balaban J connectivity index is 1.35. The first-order valence-electron chi connectivity index (χ1n) is 12.6. The van der Waals surface area contributed by atoms with Gasteiger partial charge in [0.15, 0.2) is 5.75 Å². The molecule has 9 nitrogen and oxygen atoms in total. The van der Waals surface area contributed by atoms with E-state index in [9.17, 15) is 4.79 Å². The molecule has 10 heteroatoms. The molecule has 0 spiro atoms. The Morgan fingerprint density at radius 3 is 2.82 bits per heavy atom. The van der Waals surface area contributed by atoms with Crippen molar-refractivity contribution in [1.82, 2.24) is 19.9 Å². The second-order valence-electron chi connectivity index (χ2n) is 9.18. The number of carbonyl (C=O) groups is 1. The van der Waals surface area contributed by atoms with Gasteiger partial charge in [0.25, 0.3) is 0 Å². The molecule has 0 bridgehead atoms. The summed E-state index contributed by atoms with van der Waals surface area (Å²) in [5.74, 6) is 1.28. The van der Waals surface area contributed by atoms with Gasteiger partial charge in [0.1, 0.15) is 24.5 Å². The van der Waals surface area contributed by atoms with Gasteiger partial charge in [0, 0.05) is 24.0 Å². The first-order chi connectivity index (χ1) is 19.0. The van der Waals surface area contributed by atoms with E-state index in [0.29, 0.717) is 51.2 Å². The van der Waals surface area contributed by atoms with Gasteiger partial charge in [-0.3, -0.25) is 14.7 Å². The van der Waals surface area contributed by atoms with E-state index in [1.54, 1.807) is 37.6 Å². The Kier molecular flexibility index (Phi) is 8.19. The van der Waals surface area contributed by atoms with Crippen molar-refractivity contribution in [3.8, 4) is 11.5 Å². The highest BCUT2D eigenvalue weighted by molar-refractivity contribution is 6.32. The fourth-order valence-electron chi connectivity index (χ4n) is 4.55. The topological polar surface area (TPSA) is 102 Å². The predicted octanol–water partition coefficient (Wildman–Crippen LogP) is 5.60. The Bertz CT molecular complexity index is 1500. The monoisotopic (exact) mass is 544 g/mol. The minimum Gasteiger partial charge on any atom is -0.494 e. The van der Waals surface area contributed by atoms with Crippen molar-refractivity contribution in [3.05, 3.63) is 83.9 Å². The minimum absolute atomic E-state index is 0.229. The lowest BCUT2D eigenvalue weighted by Gasteiger charge is -2.16. The Morgan fingerprint density at radius 2 is 2.08 bits per heavy atom. The van der Waals surface area contributed by atoms with E-state index >= 15 is 0 Å². The lowest BCUT2D eigenvalue weighted by atomic mass is 10.1. The molecule has 1 saturated heterocycles. The molecule has 5 rings (SSSR count). The van der Waals surface area contributed by atoms with E-state index < -0.39 is 0 Å². The zero-order chi connectivity index (χ0) is 27.2. The van der Waals surface area contributed by atoms with Crippen LogP contribution in [-0.4, -0.2) is 52.5 Å². The second kappa shape index (κ2) is 12.1. The molecule has 0 aliphatic carbocycles. The van der Waals surface area contributed by atoms with E-state index in [-0.39, 0.29) is 11.9 Å². The van der Waals surface area contributed by atoms with Crippen molar-refractivity contribution in [2.75, 3.05) is 31.3 Å². The van der Waals surface area contributed by atoms with E-state index in [0.717, 1.165) is 25.1 Å². The van der Waals surface area contributed by atoms with Gasteiger partial charge in [0.2, 0.25) is 5.91 Å². The number of aromatic nitrogens is 3. The van der Waals surface area contributed by atoms with Crippen molar-refractivity contribution in [2.45, 2.75) is 25.5 Å². The SMILES string of the molecule is COc1c(NC(=O)/C=C/[C@H]2CCCN2C)ccc2ncnc(Nc3ccc(OCc4ccccn4)c(Cl)c3)c12. The van der Waals surface area contributed by atoms with Crippen LogP contribution in [0, 0.1) is 0 Å². The van der Waals surface area contributed by atoms with Gasteiger partial charge >= 0.3 is 0 Å². The highest BCUT2D eigenvalue weighted by Gasteiger charge is 2.19. The summed E-state index contributed by atoms with van der Waals surface area (Å²) in [4.78, 5) is 28.0. The average molecular weight is 545 g/mol. The number of pyridine rings is 1. The number of fused-ring (bicyclic) bond motifs is 1. The number of methoxy groups -OCH3 is 1. The Hall–Kier alpha value is -4.21. The molecule has 0 saturated carbocycles. The Labute approximate surface area is 231 Å². The maximum atomic E-state index is 12.7. The number of ether oxygens (including phenoxy) is 2. The number of halogens is 1. The zero-order valence-electron chi connectivity index (χ0n) is 21.7. The van der Waals surface area contributed by atoms with E-state index in [1.165, 1.54) is 6.33 Å². The normalized spacial score (nSPS) is 15.5. The van der Waals surface area contributed by atoms with Crippen molar-refractivity contribution in [3.63, 3.8) is 0 Å². The van der Waals surface area contributed by atoms with Crippen LogP contribution >= 0.6 is 11.6 Å². The van der Waals surface area contributed by atoms with E-state index in [2.05, 4.69) is 37.5 Å². The molecule has 1 atom stereocenters. The highest BCUT2D eigenvalue weighted by atomic mass is 35.5. The van der Waals surface area contributed by atoms with Gasteiger partial charge in [-0.15, -0.1) is 0 Å². The molecule has 1 fully saturated rings. The molecule has 2 aromatic carbocycles. The van der Waals surface area contributed by atoms with Crippen LogP contribution in [0.3, 0.4) is 0 Å². The number of benzene rings is 2. The summed E-state index contributed by atoms with van der Waals surface area (Å²) in [5.41, 5.74) is 2.69. The van der Waals surface area contributed by atoms with Crippen molar-refractivity contribution < 1.29 is 14.3 Å². The summed E-state index contributed by atoms with van der Waals surface area (Å²) in [6.45, 7) is 1.35. The quantitative estimate of drug-likeness (QED) is 0.263. The Morgan fingerprint density at radius 1 is 1.18 bits per heavy atom. The van der Waals surface area contributed by atoms with Crippen LogP contribution < -0.4 is 20.1 Å². The third-order valence-electron chi connectivity index (χ3n) is 6.56. The summed E-state index contributed by atoms with van der Waals surface area (Å²) >= 11 is 6.51. The molecule has 4 aromatic rings. The highest BCUT2D eigenvalue weighted by Crippen LogP contribution is 2.38. The maximum Gasteiger partial charge on any atom is 0.248 e. The fraction of sp³-hybridized carbons (Fsp3) is 0.241. The predicted molar refractivity (Wildman–Crippen MR) is 153 cm³/mol.